The average Bonchev–Trinajstić information content (AvgIpc) is 2.37. The summed E-state index contributed by atoms with van der Waals surface area (Å²) in [5, 5.41) is 3.70. The van der Waals surface area contributed by atoms with Gasteiger partial charge in [0.15, 0.2) is 5.82 Å². The van der Waals surface area contributed by atoms with Gasteiger partial charge in [0.2, 0.25) is 5.95 Å². The Hall–Kier alpha value is -0.680. The van der Waals surface area contributed by atoms with Crippen LogP contribution in [0.4, 0.5) is 11.8 Å². The van der Waals surface area contributed by atoms with E-state index in [2.05, 4.69) is 33.4 Å². The van der Waals surface area contributed by atoms with Gasteiger partial charge in [-0.05, 0) is 19.6 Å². The van der Waals surface area contributed by atoms with Crippen LogP contribution in [0.15, 0.2) is 6.20 Å². The van der Waals surface area contributed by atoms with Crippen LogP contribution in [0, 0.1) is 0 Å². The van der Waals surface area contributed by atoms with Crippen LogP contribution in [0.25, 0.3) is 0 Å². The van der Waals surface area contributed by atoms with E-state index < -0.39 is 0 Å². The van der Waals surface area contributed by atoms with E-state index in [0.717, 1.165) is 24.5 Å². The Morgan fingerprint density at radius 1 is 1.50 bits per heavy atom. The number of hydrogen-bond acceptors (Lipinski definition) is 5. The second-order valence-electron chi connectivity index (χ2n) is 4.02. The van der Waals surface area contributed by atoms with Crippen molar-refractivity contribution >= 4 is 35.1 Å². The summed E-state index contributed by atoms with van der Waals surface area (Å²) < 4.78 is 0. The molecule has 102 valence electrons. The molecule has 1 atom stereocenters. The Morgan fingerprint density at radius 3 is 2.78 bits per heavy atom. The summed E-state index contributed by atoms with van der Waals surface area (Å²) in [6.07, 6.45) is 4.83. The fraction of sp³-hybridized carbons (Fsp3) is 0.667. The second kappa shape index (κ2) is 7.69. The van der Waals surface area contributed by atoms with Crippen LogP contribution in [0.3, 0.4) is 0 Å². The van der Waals surface area contributed by atoms with E-state index in [-0.39, 0.29) is 0 Å². The maximum Gasteiger partial charge on any atom is 0.224 e. The highest BCUT2D eigenvalue weighted by atomic mass is 35.5. The number of aromatic nitrogens is 2. The number of thioether (sulfide) groups is 1. The highest BCUT2D eigenvalue weighted by molar-refractivity contribution is 7.98. The molecule has 1 aromatic rings. The average molecular weight is 289 g/mol. The van der Waals surface area contributed by atoms with Crippen molar-refractivity contribution in [2.45, 2.75) is 26.3 Å². The predicted octanol–water partition coefficient (Wildman–Crippen LogP) is 3.14. The third kappa shape index (κ3) is 3.92. The van der Waals surface area contributed by atoms with Crippen LogP contribution in [0.5, 0.6) is 0 Å². The van der Waals surface area contributed by atoms with Gasteiger partial charge in [0, 0.05) is 25.4 Å². The smallest absolute Gasteiger partial charge is 0.224 e. The van der Waals surface area contributed by atoms with Crippen LogP contribution < -0.4 is 10.2 Å². The Labute approximate surface area is 119 Å². The van der Waals surface area contributed by atoms with Gasteiger partial charge in [-0.25, -0.2) is 4.98 Å². The lowest BCUT2D eigenvalue weighted by Gasteiger charge is -2.28. The first kappa shape index (κ1) is 15.4. The molecule has 0 aromatic carbocycles. The topological polar surface area (TPSA) is 41.1 Å². The van der Waals surface area contributed by atoms with E-state index in [1.54, 1.807) is 6.20 Å². The van der Waals surface area contributed by atoms with Crippen molar-refractivity contribution in [3.63, 3.8) is 0 Å². The van der Waals surface area contributed by atoms with Crippen molar-refractivity contribution < 1.29 is 0 Å². The molecule has 0 fully saturated rings. The molecule has 1 aromatic heterocycles. The fourth-order valence-electron chi connectivity index (χ4n) is 1.72. The third-order valence-electron chi connectivity index (χ3n) is 2.77. The third-order valence-corrected chi connectivity index (χ3v) is 3.76. The van der Waals surface area contributed by atoms with Gasteiger partial charge in [-0.1, -0.05) is 18.5 Å². The Bertz CT molecular complexity index is 375. The van der Waals surface area contributed by atoms with Crippen LogP contribution in [0.1, 0.15) is 20.3 Å². The van der Waals surface area contributed by atoms with Gasteiger partial charge in [-0.3, -0.25) is 0 Å². The van der Waals surface area contributed by atoms with E-state index in [0.29, 0.717) is 17.0 Å². The predicted molar refractivity (Wildman–Crippen MR) is 82.1 cm³/mol. The number of hydrogen-bond donors (Lipinski definition) is 1. The molecule has 0 aliphatic heterocycles. The molecule has 18 heavy (non-hydrogen) atoms. The number of rotatable bonds is 7. The number of nitrogens with one attached hydrogen (secondary N) is 1. The minimum Gasteiger partial charge on any atom is -0.354 e. The van der Waals surface area contributed by atoms with Crippen LogP contribution in [0.2, 0.25) is 5.02 Å². The second-order valence-corrected chi connectivity index (χ2v) is 5.34. The molecule has 0 bridgehead atoms. The fourth-order valence-corrected chi connectivity index (χ4v) is 2.79. The zero-order chi connectivity index (χ0) is 13.5. The van der Waals surface area contributed by atoms with Gasteiger partial charge in [0.25, 0.3) is 0 Å². The van der Waals surface area contributed by atoms with E-state index in [1.807, 2.05) is 25.7 Å². The van der Waals surface area contributed by atoms with E-state index in [1.165, 1.54) is 0 Å². The van der Waals surface area contributed by atoms with Gasteiger partial charge in [0.05, 0.1) is 6.20 Å². The van der Waals surface area contributed by atoms with Gasteiger partial charge >= 0.3 is 0 Å². The van der Waals surface area contributed by atoms with E-state index in [4.69, 9.17) is 11.6 Å². The summed E-state index contributed by atoms with van der Waals surface area (Å²) in [5.41, 5.74) is 0. The molecular weight excluding hydrogens is 268 g/mol. The maximum absolute atomic E-state index is 6.19. The molecule has 0 spiro atoms. The molecule has 4 nitrogen and oxygen atoms in total. The van der Waals surface area contributed by atoms with Crippen LogP contribution >= 0.6 is 23.4 Å². The summed E-state index contributed by atoms with van der Waals surface area (Å²) in [4.78, 5) is 10.8. The lowest BCUT2D eigenvalue weighted by atomic mass is 10.2. The summed E-state index contributed by atoms with van der Waals surface area (Å²) in [7, 11) is 2.04. The first-order chi connectivity index (χ1) is 8.63. The van der Waals surface area contributed by atoms with Crippen molar-refractivity contribution in [2.75, 3.05) is 35.8 Å². The largest absolute Gasteiger partial charge is 0.354 e. The summed E-state index contributed by atoms with van der Waals surface area (Å²) in [6.45, 7) is 4.99. The molecule has 1 heterocycles. The van der Waals surface area contributed by atoms with E-state index >= 15 is 0 Å². The zero-order valence-electron chi connectivity index (χ0n) is 11.4. The molecule has 0 aliphatic carbocycles. The lowest BCUT2D eigenvalue weighted by molar-refractivity contribution is 0.665. The Morgan fingerprint density at radius 2 is 2.22 bits per heavy atom. The summed E-state index contributed by atoms with van der Waals surface area (Å²) in [6, 6.07) is 0.432. The maximum atomic E-state index is 6.19. The van der Waals surface area contributed by atoms with Gasteiger partial charge in [-0.2, -0.15) is 16.7 Å². The first-order valence-corrected chi connectivity index (χ1v) is 7.89. The highest BCUT2D eigenvalue weighted by Crippen LogP contribution is 2.25. The minimum absolute atomic E-state index is 0.432. The number of anilines is 2. The SMILES string of the molecule is CCNc1ncc(Cl)c(N(C)C(CC)CSC)n1. The molecule has 1 N–H and O–H groups in total. The van der Waals surface area contributed by atoms with Crippen molar-refractivity contribution in [2.24, 2.45) is 0 Å². The standard InChI is InChI=1S/C12H21ClN4S/c1-5-9(8-18-4)17(3)11-10(13)7-15-12(16-11)14-6-2/h7,9H,5-6,8H2,1-4H3,(H,14,15,16). The Kier molecular flexibility index (Phi) is 6.57. The van der Waals surface area contributed by atoms with Crippen LogP contribution in [-0.2, 0) is 0 Å². The van der Waals surface area contributed by atoms with Crippen LogP contribution in [-0.4, -0.2) is 41.6 Å². The monoisotopic (exact) mass is 288 g/mol. The quantitative estimate of drug-likeness (QED) is 0.835. The Balaban J connectivity index is 2.94. The minimum atomic E-state index is 0.432. The first-order valence-electron chi connectivity index (χ1n) is 6.12. The molecule has 0 saturated heterocycles. The van der Waals surface area contributed by atoms with Crippen molar-refractivity contribution in [1.82, 2.24) is 9.97 Å². The zero-order valence-corrected chi connectivity index (χ0v) is 13.0. The van der Waals surface area contributed by atoms with Crippen molar-refractivity contribution in [3.05, 3.63) is 11.2 Å². The molecular formula is C12H21ClN4S. The van der Waals surface area contributed by atoms with Gasteiger partial charge in [0.1, 0.15) is 5.02 Å². The molecule has 1 rings (SSSR count). The van der Waals surface area contributed by atoms with E-state index in [9.17, 15) is 0 Å². The molecule has 0 radical (unpaired) electrons. The normalized spacial score (nSPS) is 12.3. The molecule has 6 heteroatoms. The van der Waals surface area contributed by atoms with Crippen molar-refractivity contribution in [1.29, 1.82) is 0 Å². The molecule has 0 amide bonds. The lowest BCUT2D eigenvalue weighted by Crippen LogP contribution is -2.34. The molecule has 0 saturated carbocycles. The number of halogens is 1. The van der Waals surface area contributed by atoms with Gasteiger partial charge < -0.3 is 10.2 Å². The molecule has 0 aliphatic rings. The van der Waals surface area contributed by atoms with Crippen molar-refractivity contribution in [3.8, 4) is 0 Å². The molecule has 1 unspecified atom stereocenters. The highest BCUT2D eigenvalue weighted by Gasteiger charge is 2.17. The summed E-state index contributed by atoms with van der Waals surface area (Å²) >= 11 is 8.03. The number of nitrogens with zero attached hydrogens (tertiary/aromatic N) is 3. The van der Waals surface area contributed by atoms with Gasteiger partial charge in [-0.15, -0.1) is 0 Å². The summed E-state index contributed by atoms with van der Waals surface area (Å²) in [5.74, 6) is 2.48.